The third kappa shape index (κ3) is 3.28. The molecular formula is C14H18N4O2. The second-order valence-corrected chi connectivity index (χ2v) is 4.01. The van der Waals surface area contributed by atoms with Crippen molar-refractivity contribution in [2.75, 3.05) is 31.4 Å². The first-order valence-corrected chi connectivity index (χ1v) is 6.31. The van der Waals surface area contributed by atoms with E-state index in [4.69, 9.17) is 9.47 Å². The van der Waals surface area contributed by atoms with Crippen LogP contribution in [0, 0.1) is 0 Å². The topological polar surface area (TPSA) is 68.3 Å². The fourth-order valence-corrected chi connectivity index (χ4v) is 1.75. The molecule has 6 nitrogen and oxygen atoms in total. The second-order valence-electron chi connectivity index (χ2n) is 4.01. The molecule has 2 N–H and O–H groups in total. The highest BCUT2D eigenvalue weighted by Gasteiger charge is 2.05. The third-order valence-corrected chi connectivity index (χ3v) is 2.65. The normalized spacial score (nSPS) is 9.95. The molecule has 0 aliphatic rings. The number of methoxy groups -OCH3 is 2. The summed E-state index contributed by atoms with van der Waals surface area (Å²) >= 11 is 0. The molecule has 0 atom stereocenters. The van der Waals surface area contributed by atoms with E-state index in [1.807, 2.05) is 25.1 Å². The summed E-state index contributed by atoms with van der Waals surface area (Å²) in [7, 11) is 3.21. The Hall–Kier alpha value is -2.50. The Labute approximate surface area is 118 Å². The van der Waals surface area contributed by atoms with E-state index in [1.165, 1.54) is 0 Å². The van der Waals surface area contributed by atoms with Crippen LogP contribution in [0.1, 0.15) is 6.92 Å². The van der Waals surface area contributed by atoms with Crippen LogP contribution in [0.15, 0.2) is 30.6 Å². The Morgan fingerprint density at radius 2 is 1.80 bits per heavy atom. The van der Waals surface area contributed by atoms with Crippen LogP contribution in [-0.4, -0.2) is 30.7 Å². The molecule has 106 valence electrons. The van der Waals surface area contributed by atoms with Gasteiger partial charge in [-0.05, 0) is 19.1 Å². The van der Waals surface area contributed by atoms with Crippen LogP contribution in [0.2, 0.25) is 0 Å². The van der Waals surface area contributed by atoms with Crippen molar-refractivity contribution >= 4 is 17.3 Å². The van der Waals surface area contributed by atoms with Gasteiger partial charge in [0.1, 0.15) is 5.82 Å². The van der Waals surface area contributed by atoms with E-state index in [1.54, 1.807) is 26.6 Å². The van der Waals surface area contributed by atoms with Gasteiger partial charge in [-0.3, -0.25) is 4.98 Å². The molecule has 0 aliphatic heterocycles. The van der Waals surface area contributed by atoms with Gasteiger partial charge < -0.3 is 20.1 Å². The average Bonchev–Trinajstić information content (AvgIpc) is 2.48. The number of aromatic nitrogens is 2. The van der Waals surface area contributed by atoms with Crippen molar-refractivity contribution in [1.82, 2.24) is 9.97 Å². The molecule has 2 aromatic rings. The summed E-state index contributed by atoms with van der Waals surface area (Å²) in [6.07, 6.45) is 3.35. The summed E-state index contributed by atoms with van der Waals surface area (Å²) in [6, 6.07) is 5.58. The van der Waals surface area contributed by atoms with Gasteiger partial charge in [0.05, 0.1) is 26.6 Å². The molecule has 2 rings (SSSR count). The van der Waals surface area contributed by atoms with Crippen LogP contribution >= 0.6 is 0 Å². The molecule has 1 aromatic carbocycles. The van der Waals surface area contributed by atoms with Crippen LogP contribution in [0.25, 0.3) is 0 Å². The molecule has 0 aliphatic carbocycles. The highest BCUT2D eigenvalue weighted by molar-refractivity contribution is 5.61. The Bertz CT molecular complexity index is 575. The summed E-state index contributed by atoms with van der Waals surface area (Å²) in [4.78, 5) is 8.53. The van der Waals surface area contributed by atoms with Gasteiger partial charge in [-0.15, -0.1) is 0 Å². The lowest BCUT2D eigenvalue weighted by atomic mass is 10.2. The van der Waals surface area contributed by atoms with Gasteiger partial charge in [-0.1, -0.05) is 0 Å². The molecule has 0 saturated heterocycles. The maximum absolute atomic E-state index is 5.26. The van der Waals surface area contributed by atoms with E-state index in [0.717, 1.165) is 18.1 Å². The Kier molecular flexibility index (Phi) is 4.60. The van der Waals surface area contributed by atoms with Crippen molar-refractivity contribution < 1.29 is 9.47 Å². The van der Waals surface area contributed by atoms with Crippen LogP contribution in [0.4, 0.5) is 17.3 Å². The second kappa shape index (κ2) is 6.60. The van der Waals surface area contributed by atoms with Gasteiger partial charge in [0.2, 0.25) is 0 Å². The molecule has 1 aromatic heterocycles. The van der Waals surface area contributed by atoms with Crippen LogP contribution < -0.4 is 20.1 Å². The lowest BCUT2D eigenvalue weighted by Gasteiger charge is -2.11. The van der Waals surface area contributed by atoms with Gasteiger partial charge in [0, 0.05) is 18.3 Å². The monoisotopic (exact) mass is 274 g/mol. The maximum atomic E-state index is 5.26. The number of ether oxygens (including phenoxy) is 2. The average molecular weight is 274 g/mol. The molecule has 0 unspecified atom stereocenters. The molecule has 0 bridgehead atoms. The van der Waals surface area contributed by atoms with E-state index in [2.05, 4.69) is 20.6 Å². The number of anilines is 3. The molecule has 6 heteroatoms. The van der Waals surface area contributed by atoms with E-state index in [0.29, 0.717) is 17.3 Å². The molecule has 0 fully saturated rings. The minimum Gasteiger partial charge on any atom is -0.493 e. The van der Waals surface area contributed by atoms with Crippen molar-refractivity contribution in [2.45, 2.75) is 6.92 Å². The zero-order valence-electron chi connectivity index (χ0n) is 11.8. The first kappa shape index (κ1) is 13.9. The smallest absolute Gasteiger partial charge is 0.162 e. The first-order chi connectivity index (χ1) is 9.76. The molecular weight excluding hydrogens is 256 g/mol. The third-order valence-electron chi connectivity index (χ3n) is 2.65. The van der Waals surface area contributed by atoms with Crippen molar-refractivity contribution in [1.29, 1.82) is 0 Å². The van der Waals surface area contributed by atoms with Crippen molar-refractivity contribution in [2.24, 2.45) is 0 Å². The summed E-state index contributed by atoms with van der Waals surface area (Å²) in [5.41, 5.74) is 0.852. The number of hydrogen-bond acceptors (Lipinski definition) is 6. The van der Waals surface area contributed by atoms with Gasteiger partial charge in [-0.2, -0.15) is 0 Å². The van der Waals surface area contributed by atoms with Gasteiger partial charge in [0.25, 0.3) is 0 Å². The predicted molar refractivity (Wildman–Crippen MR) is 79.0 cm³/mol. The summed E-state index contributed by atoms with van der Waals surface area (Å²) in [6.45, 7) is 2.81. The van der Waals surface area contributed by atoms with Crippen molar-refractivity contribution in [3.63, 3.8) is 0 Å². The van der Waals surface area contributed by atoms with E-state index < -0.39 is 0 Å². The quantitative estimate of drug-likeness (QED) is 0.844. The lowest BCUT2D eigenvalue weighted by Crippen LogP contribution is -2.02. The number of hydrogen-bond donors (Lipinski definition) is 2. The molecule has 0 saturated carbocycles. The lowest BCUT2D eigenvalue weighted by molar-refractivity contribution is 0.355. The minimum absolute atomic E-state index is 0.660. The van der Waals surface area contributed by atoms with Crippen LogP contribution in [-0.2, 0) is 0 Å². The Morgan fingerprint density at radius 3 is 2.50 bits per heavy atom. The van der Waals surface area contributed by atoms with E-state index >= 15 is 0 Å². The van der Waals surface area contributed by atoms with Gasteiger partial charge >= 0.3 is 0 Å². The molecule has 1 heterocycles. The summed E-state index contributed by atoms with van der Waals surface area (Å²) < 4.78 is 10.5. The standard InChI is InChI=1S/C14H18N4O2/c1-4-16-13-8-15-9-14(18-13)17-10-5-6-11(19-2)12(7-10)20-3/h5-9H,4H2,1-3H3,(H2,16,17,18). The summed E-state index contributed by atoms with van der Waals surface area (Å²) in [5, 5.41) is 6.30. The molecule has 0 radical (unpaired) electrons. The predicted octanol–water partition coefficient (Wildman–Crippen LogP) is 2.67. The number of nitrogens with one attached hydrogen (secondary N) is 2. The molecule has 0 spiro atoms. The zero-order chi connectivity index (χ0) is 14.4. The Morgan fingerprint density at radius 1 is 1.05 bits per heavy atom. The zero-order valence-corrected chi connectivity index (χ0v) is 11.8. The SMILES string of the molecule is CCNc1cncc(Nc2ccc(OC)c(OC)c2)n1. The van der Waals surface area contributed by atoms with Crippen molar-refractivity contribution in [3.05, 3.63) is 30.6 Å². The van der Waals surface area contributed by atoms with Crippen LogP contribution in [0.5, 0.6) is 11.5 Å². The minimum atomic E-state index is 0.660. The van der Waals surface area contributed by atoms with E-state index in [-0.39, 0.29) is 0 Å². The molecule has 20 heavy (non-hydrogen) atoms. The number of rotatable bonds is 6. The van der Waals surface area contributed by atoms with Gasteiger partial charge in [0.15, 0.2) is 17.3 Å². The van der Waals surface area contributed by atoms with Crippen molar-refractivity contribution in [3.8, 4) is 11.5 Å². The van der Waals surface area contributed by atoms with E-state index in [9.17, 15) is 0 Å². The number of benzene rings is 1. The number of nitrogens with zero attached hydrogens (tertiary/aromatic N) is 2. The summed E-state index contributed by atoms with van der Waals surface area (Å²) in [5.74, 6) is 2.74. The molecule has 0 amide bonds. The van der Waals surface area contributed by atoms with Crippen LogP contribution in [0.3, 0.4) is 0 Å². The fourth-order valence-electron chi connectivity index (χ4n) is 1.75. The largest absolute Gasteiger partial charge is 0.493 e. The highest BCUT2D eigenvalue weighted by atomic mass is 16.5. The highest BCUT2D eigenvalue weighted by Crippen LogP contribution is 2.30. The first-order valence-electron chi connectivity index (χ1n) is 6.31. The Balaban J connectivity index is 2.19. The van der Waals surface area contributed by atoms with Gasteiger partial charge in [-0.25, -0.2) is 4.98 Å². The maximum Gasteiger partial charge on any atom is 0.162 e. The fraction of sp³-hybridized carbons (Fsp3) is 0.286.